The van der Waals surface area contributed by atoms with E-state index in [1.807, 2.05) is 0 Å². The van der Waals surface area contributed by atoms with Gasteiger partial charge in [0.25, 0.3) is 0 Å². The third kappa shape index (κ3) is 2.18. The summed E-state index contributed by atoms with van der Waals surface area (Å²) in [7, 11) is 0. The molecule has 1 saturated heterocycles. The van der Waals surface area contributed by atoms with Crippen LogP contribution in [0, 0.1) is 0 Å². The summed E-state index contributed by atoms with van der Waals surface area (Å²) >= 11 is 0. The van der Waals surface area contributed by atoms with E-state index >= 15 is 0 Å². The number of hydrogen-bond donors (Lipinski definition) is 1. The monoisotopic (exact) mass is 238 g/mol. The Labute approximate surface area is 103 Å². The second kappa shape index (κ2) is 5.07. The molecule has 1 aromatic carbocycles. The van der Waals surface area contributed by atoms with Crippen LogP contribution >= 0.6 is 12.4 Å². The van der Waals surface area contributed by atoms with Crippen LogP contribution in [0.2, 0.25) is 0 Å². The van der Waals surface area contributed by atoms with E-state index in [-0.39, 0.29) is 12.4 Å². The molecule has 1 atom stereocenters. The van der Waals surface area contributed by atoms with Gasteiger partial charge >= 0.3 is 0 Å². The van der Waals surface area contributed by atoms with Crippen LogP contribution in [0.25, 0.3) is 0 Å². The van der Waals surface area contributed by atoms with Gasteiger partial charge in [0.1, 0.15) is 0 Å². The van der Waals surface area contributed by atoms with Crippen molar-refractivity contribution in [2.75, 3.05) is 24.5 Å². The Hall–Kier alpha value is -0.730. The first-order valence-electron chi connectivity index (χ1n) is 6.00. The molecule has 1 aromatic rings. The number of anilines is 1. The van der Waals surface area contributed by atoms with Crippen LogP contribution < -0.4 is 10.2 Å². The van der Waals surface area contributed by atoms with Crippen molar-refractivity contribution >= 4 is 18.1 Å². The van der Waals surface area contributed by atoms with Gasteiger partial charge in [-0.15, -0.1) is 12.4 Å². The smallest absolute Gasteiger partial charge is 0.0400 e. The summed E-state index contributed by atoms with van der Waals surface area (Å²) in [4.78, 5) is 2.54. The first kappa shape index (κ1) is 11.7. The standard InChI is InChI=1S/C13H18N2.ClH/c1-2-6-13-11(4-1)7-9-15(13)10-12-5-3-8-14-12;/h1-2,4,6,12,14H,3,5,7-10H2;1H. The number of fused-ring (bicyclic) bond motifs is 1. The lowest BCUT2D eigenvalue weighted by Gasteiger charge is -2.23. The molecule has 3 heteroatoms. The molecule has 3 rings (SSSR count). The van der Waals surface area contributed by atoms with Gasteiger partial charge in [-0.05, 0) is 37.4 Å². The van der Waals surface area contributed by atoms with E-state index in [9.17, 15) is 0 Å². The number of hydrogen-bond acceptors (Lipinski definition) is 2. The van der Waals surface area contributed by atoms with E-state index < -0.39 is 0 Å². The first-order chi connectivity index (χ1) is 7.43. The third-order valence-corrected chi connectivity index (χ3v) is 3.59. The maximum Gasteiger partial charge on any atom is 0.0400 e. The predicted octanol–water partition coefficient (Wildman–Crippen LogP) is 2.22. The lowest BCUT2D eigenvalue weighted by Crippen LogP contribution is -2.36. The molecule has 2 heterocycles. The number of nitrogens with one attached hydrogen (secondary N) is 1. The minimum Gasteiger partial charge on any atom is -0.369 e. The second-order valence-corrected chi connectivity index (χ2v) is 4.62. The van der Waals surface area contributed by atoms with Gasteiger partial charge in [-0.2, -0.15) is 0 Å². The number of rotatable bonds is 2. The molecule has 1 N–H and O–H groups in total. The van der Waals surface area contributed by atoms with Crippen molar-refractivity contribution in [1.82, 2.24) is 5.32 Å². The highest BCUT2D eigenvalue weighted by molar-refractivity contribution is 5.85. The SMILES string of the molecule is Cl.c1ccc2c(c1)CCN2CC1CCCN1. The Morgan fingerprint density at radius 1 is 1.31 bits per heavy atom. The van der Waals surface area contributed by atoms with E-state index in [4.69, 9.17) is 0 Å². The number of nitrogens with zero attached hydrogens (tertiary/aromatic N) is 1. The van der Waals surface area contributed by atoms with Crippen molar-refractivity contribution in [3.63, 3.8) is 0 Å². The summed E-state index contributed by atoms with van der Waals surface area (Å²) < 4.78 is 0. The summed E-state index contributed by atoms with van der Waals surface area (Å²) in [5, 5.41) is 3.57. The van der Waals surface area contributed by atoms with E-state index in [2.05, 4.69) is 34.5 Å². The summed E-state index contributed by atoms with van der Waals surface area (Å²) in [6.45, 7) is 3.61. The lowest BCUT2D eigenvalue weighted by molar-refractivity contribution is 0.589. The summed E-state index contributed by atoms with van der Waals surface area (Å²) in [5.74, 6) is 0. The molecular formula is C13H19ClN2. The van der Waals surface area contributed by atoms with Gasteiger partial charge in [0.05, 0.1) is 0 Å². The molecule has 0 aromatic heterocycles. The van der Waals surface area contributed by atoms with Gasteiger partial charge in [-0.3, -0.25) is 0 Å². The van der Waals surface area contributed by atoms with E-state index in [0.29, 0.717) is 0 Å². The van der Waals surface area contributed by atoms with Gasteiger partial charge in [0.15, 0.2) is 0 Å². The number of benzene rings is 1. The lowest BCUT2D eigenvalue weighted by atomic mass is 10.2. The van der Waals surface area contributed by atoms with Crippen molar-refractivity contribution in [1.29, 1.82) is 0 Å². The molecule has 1 fully saturated rings. The Balaban J connectivity index is 0.000000963. The van der Waals surface area contributed by atoms with E-state index in [1.54, 1.807) is 0 Å². The molecule has 16 heavy (non-hydrogen) atoms. The highest BCUT2D eigenvalue weighted by atomic mass is 35.5. The fourth-order valence-electron chi connectivity index (χ4n) is 2.77. The van der Waals surface area contributed by atoms with Crippen LogP contribution in [-0.2, 0) is 6.42 Å². The molecule has 88 valence electrons. The number of para-hydroxylation sites is 1. The van der Waals surface area contributed by atoms with Gasteiger partial charge in [-0.1, -0.05) is 18.2 Å². The Bertz CT molecular complexity index is 348. The quantitative estimate of drug-likeness (QED) is 0.850. The molecule has 0 spiro atoms. The Morgan fingerprint density at radius 3 is 3.00 bits per heavy atom. The van der Waals surface area contributed by atoms with Crippen molar-refractivity contribution in [3.05, 3.63) is 29.8 Å². The summed E-state index contributed by atoms with van der Waals surface area (Å²) in [6.07, 6.45) is 3.92. The minimum absolute atomic E-state index is 0. The maximum absolute atomic E-state index is 3.57. The normalized spacial score (nSPS) is 23.0. The van der Waals surface area contributed by atoms with Gasteiger partial charge in [-0.25, -0.2) is 0 Å². The maximum atomic E-state index is 3.57. The van der Waals surface area contributed by atoms with Crippen LogP contribution in [0.5, 0.6) is 0 Å². The molecule has 1 unspecified atom stereocenters. The summed E-state index contributed by atoms with van der Waals surface area (Å²) in [6, 6.07) is 9.54. The van der Waals surface area contributed by atoms with Crippen molar-refractivity contribution in [2.24, 2.45) is 0 Å². The zero-order chi connectivity index (χ0) is 10.1. The molecule has 0 saturated carbocycles. The molecular weight excluding hydrogens is 220 g/mol. The van der Waals surface area contributed by atoms with Gasteiger partial charge in [0.2, 0.25) is 0 Å². The minimum atomic E-state index is 0. The average molecular weight is 239 g/mol. The Morgan fingerprint density at radius 2 is 2.19 bits per heavy atom. The van der Waals surface area contributed by atoms with Crippen molar-refractivity contribution in [3.8, 4) is 0 Å². The highest BCUT2D eigenvalue weighted by Gasteiger charge is 2.22. The zero-order valence-corrected chi connectivity index (χ0v) is 10.3. The molecule has 0 aliphatic carbocycles. The fourth-order valence-corrected chi connectivity index (χ4v) is 2.77. The Kier molecular flexibility index (Phi) is 3.72. The molecule has 2 nitrogen and oxygen atoms in total. The van der Waals surface area contributed by atoms with Gasteiger partial charge < -0.3 is 10.2 Å². The zero-order valence-electron chi connectivity index (χ0n) is 9.48. The molecule has 2 aliphatic rings. The number of halogens is 1. The molecule has 2 aliphatic heterocycles. The largest absolute Gasteiger partial charge is 0.369 e. The topological polar surface area (TPSA) is 15.3 Å². The predicted molar refractivity (Wildman–Crippen MR) is 70.6 cm³/mol. The molecule has 0 radical (unpaired) electrons. The first-order valence-corrected chi connectivity index (χ1v) is 6.00. The van der Waals surface area contributed by atoms with Crippen LogP contribution in [0.1, 0.15) is 18.4 Å². The van der Waals surface area contributed by atoms with Crippen molar-refractivity contribution < 1.29 is 0 Å². The average Bonchev–Trinajstić information content (AvgIpc) is 2.89. The van der Waals surface area contributed by atoms with E-state index in [0.717, 1.165) is 6.04 Å². The summed E-state index contributed by atoms with van der Waals surface area (Å²) in [5.41, 5.74) is 2.99. The molecule has 0 amide bonds. The second-order valence-electron chi connectivity index (χ2n) is 4.62. The highest BCUT2D eigenvalue weighted by Crippen LogP contribution is 2.27. The molecule has 0 bridgehead atoms. The van der Waals surface area contributed by atoms with Gasteiger partial charge in [0, 0.05) is 24.8 Å². The fraction of sp³-hybridized carbons (Fsp3) is 0.538. The van der Waals surface area contributed by atoms with Crippen LogP contribution in [-0.4, -0.2) is 25.7 Å². The van der Waals surface area contributed by atoms with Crippen LogP contribution in [0.4, 0.5) is 5.69 Å². The van der Waals surface area contributed by atoms with Crippen LogP contribution in [0.15, 0.2) is 24.3 Å². The van der Waals surface area contributed by atoms with Crippen LogP contribution in [0.3, 0.4) is 0 Å². The third-order valence-electron chi connectivity index (χ3n) is 3.59. The van der Waals surface area contributed by atoms with Crippen molar-refractivity contribution in [2.45, 2.75) is 25.3 Å². The van der Waals surface area contributed by atoms with E-state index in [1.165, 1.54) is 50.1 Å².